The van der Waals surface area contributed by atoms with E-state index in [0.29, 0.717) is 10.6 Å². The number of nitrogens with one attached hydrogen (secondary N) is 1. The van der Waals surface area contributed by atoms with Gasteiger partial charge in [0.05, 0.1) is 12.6 Å². The van der Waals surface area contributed by atoms with Gasteiger partial charge in [0, 0.05) is 5.02 Å². The normalized spacial score (nSPS) is 13.2. The highest BCUT2D eigenvalue weighted by Crippen LogP contribution is 2.19. The number of hydrogen-bond donors (Lipinski definition) is 3. The molecule has 2 aromatic rings. The molecule has 0 fully saturated rings. The van der Waals surface area contributed by atoms with E-state index in [2.05, 4.69) is 5.32 Å². The fourth-order valence-corrected chi connectivity index (χ4v) is 2.16. The predicted octanol–water partition coefficient (Wildman–Crippen LogP) is 2.66. The smallest absolute Gasteiger partial charge is 0.407 e. The molecule has 23 heavy (non-hydrogen) atoms. The second kappa shape index (κ2) is 8.53. The van der Waals surface area contributed by atoms with E-state index >= 15 is 0 Å². The van der Waals surface area contributed by atoms with E-state index < -0.39 is 24.8 Å². The first-order valence-corrected chi connectivity index (χ1v) is 7.49. The molecule has 0 aliphatic rings. The number of carbonyl (C=O) groups excluding carboxylic acids is 1. The molecule has 122 valence electrons. The molecule has 1 amide bonds. The third-order valence-corrected chi connectivity index (χ3v) is 3.56. The van der Waals surface area contributed by atoms with E-state index in [1.54, 1.807) is 24.3 Å². The molecule has 2 atom stereocenters. The monoisotopic (exact) mass is 335 g/mol. The van der Waals surface area contributed by atoms with Crippen molar-refractivity contribution in [1.29, 1.82) is 0 Å². The molecule has 3 N–H and O–H groups in total. The summed E-state index contributed by atoms with van der Waals surface area (Å²) in [5.41, 5.74) is 1.39. The lowest BCUT2D eigenvalue weighted by Crippen LogP contribution is -2.42. The van der Waals surface area contributed by atoms with Crippen LogP contribution in [0, 0.1) is 0 Å². The van der Waals surface area contributed by atoms with Crippen LogP contribution < -0.4 is 5.32 Å². The molecule has 2 rings (SSSR count). The van der Waals surface area contributed by atoms with Crippen LogP contribution in [0.15, 0.2) is 54.6 Å². The number of benzene rings is 2. The van der Waals surface area contributed by atoms with E-state index in [-0.39, 0.29) is 6.61 Å². The van der Waals surface area contributed by atoms with Gasteiger partial charge in [-0.1, -0.05) is 54.1 Å². The SMILES string of the molecule is O=C(N[C@H](CO)[C@H](O)c1ccc(Cl)cc1)OCc1ccccc1. The van der Waals surface area contributed by atoms with Crippen molar-refractivity contribution in [3.05, 3.63) is 70.7 Å². The van der Waals surface area contributed by atoms with Crippen molar-refractivity contribution in [1.82, 2.24) is 5.32 Å². The summed E-state index contributed by atoms with van der Waals surface area (Å²) in [7, 11) is 0. The van der Waals surface area contributed by atoms with Crippen LogP contribution in [-0.2, 0) is 11.3 Å². The number of amides is 1. The third-order valence-electron chi connectivity index (χ3n) is 3.31. The second-order valence-corrected chi connectivity index (χ2v) is 5.43. The van der Waals surface area contributed by atoms with E-state index in [1.165, 1.54) is 0 Å². The Labute approximate surface area is 139 Å². The van der Waals surface area contributed by atoms with Crippen LogP contribution in [0.25, 0.3) is 0 Å². The average Bonchev–Trinajstić information content (AvgIpc) is 2.59. The summed E-state index contributed by atoms with van der Waals surface area (Å²) in [5, 5.41) is 22.6. The number of carbonyl (C=O) groups is 1. The Morgan fingerprint density at radius 2 is 1.78 bits per heavy atom. The zero-order chi connectivity index (χ0) is 16.7. The van der Waals surface area contributed by atoms with E-state index in [9.17, 15) is 15.0 Å². The van der Waals surface area contributed by atoms with Gasteiger partial charge in [-0.2, -0.15) is 0 Å². The van der Waals surface area contributed by atoms with Crippen molar-refractivity contribution in [3.63, 3.8) is 0 Å². The highest BCUT2D eigenvalue weighted by molar-refractivity contribution is 6.30. The third kappa shape index (κ3) is 5.25. The summed E-state index contributed by atoms with van der Waals surface area (Å²) in [6.07, 6.45) is -1.78. The summed E-state index contributed by atoms with van der Waals surface area (Å²) in [6, 6.07) is 14.9. The van der Waals surface area contributed by atoms with Gasteiger partial charge in [0.25, 0.3) is 0 Å². The zero-order valence-corrected chi connectivity index (χ0v) is 13.1. The maximum absolute atomic E-state index is 11.8. The molecule has 0 heterocycles. The maximum Gasteiger partial charge on any atom is 0.407 e. The van der Waals surface area contributed by atoms with Gasteiger partial charge in [0.1, 0.15) is 12.7 Å². The van der Waals surface area contributed by atoms with Crippen LogP contribution in [0.3, 0.4) is 0 Å². The first kappa shape index (κ1) is 17.3. The van der Waals surface area contributed by atoms with Crippen LogP contribution in [0.4, 0.5) is 4.79 Å². The fraction of sp³-hybridized carbons (Fsp3) is 0.235. The number of ether oxygens (including phenoxy) is 1. The first-order valence-electron chi connectivity index (χ1n) is 7.11. The highest BCUT2D eigenvalue weighted by atomic mass is 35.5. The Bertz CT molecular complexity index is 618. The molecule has 0 saturated heterocycles. The van der Waals surface area contributed by atoms with Gasteiger partial charge in [-0.05, 0) is 23.3 Å². The lowest BCUT2D eigenvalue weighted by Gasteiger charge is -2.22. The maximum atomic E-state index is 11.8. The van der Waals surface area contributed by atoms with Crippen LogP contribution in [0.5, 0.6) is 0 Å². The second-order valence-electron chi connectivity index (χ2n) is 4.99. The topological polar surface area (TPSA) is 78.8 Å². The summed E-state index contributed by atoms with van der Waals surface area (Å²) in [6.45, 7) is -0.313. The quantitative estimate of drug-likeness (QED) is 0.758. The number of hydrogen-bond acceptors (Lipinski definition) is 4. The Balaban J connectivity index is 1.90. The van der Waals surface area contributed by atoms with Gasteiger partial charge >= 0.3 is 6.09 Å². The highest BCUT2D eigenvalue weighted by Gasteiger charge is 2.22. The molecule has 2 aromatic carbocycles. The number of rotatable bonds is 6. The molecule has 0 radical (unpaired) electrons. The van der Waals surface area contributed by atoms with Gasteiger partial charge in [0.15, 0.2) is 0 Å². The molecular weight excluding hydrogens is 318 g/mol. The number of aliphatic hydroxyl groups excluding tert-OH is 2. The van der Waals surface area contributed by atoms with E-state index in [0.717, 1.165) is 5.56 Å². The van der Waals surface area contributed by atoms with Crippen LogP contribution >= 0.6 is 11.6 Å². The van der Waals surface area contributed by atoms with Crippen molar-refractivity contribution in [3.8, 4) is 0 Å². The molecule has 0 aliphatic heterocycles. The van der Waals surface area contributed by atoms with Gasteiger partial charge < -0.3 is 20.3 Å². The Kier molecular flexibility index (Phi) is 6.40. The lowest BCUT2D eigenvalue weighted by molar-refractivity contribution is 0.0763. The van der Waals surface area contributed by atoms with Crippen molar-refractivity contribution < 1.29 is 19.7 Å². The summed E-state index contributed by atoms with van der Waals surface area (Å²) < 4.78 is 5.07. The molecule has 0 unspecified atom stereocenters. The molecule has 0 saturated carbocycles. The minimum atomic E-state index is -1.07. The molecule has 0 aromatic heterocycles. The number of halogens is 1. The molecule has 0 spiro atoms. The largest absolute Gasteiger partial charge is 0.445 e. The van der Waals surface area contributed by atoms with E-state index in [4.69, 9.17) is 16.3 Å². The minimum Gasteiger partial charge on any atom is -0.445 e. The van der Waals surface area contributed by atoms with Crippen LogP contribution in [-0.4, -0.2) is 29.0 Å². The Morgan fingerprint density at radius 1 is 1.13 bits per heavy atom. The summed E-state index contributed by atoms with van der Waals surface area (Å²) in [5.74, 6) is 0. The van der Waals surface area contributed by atoms with Gasteiger partial charge in [-0.15, -0.1) is 0 Å². The Morgan fingerprint density at radius 3 is 2.39 bits per heavy atom. The first-order chi connectivity index (χ1) is 11.1. The predicted molar refractivity (Wildman–Crippen MR) is 87.0 cm³/mol. The van der Waals surface area contributed by atoms with Crippen molar-refractivity contribution in [2.24, 2.45) is 0 Å². The minimum absolute atomic E-state index is 0.113. The molecular formula is C17H18ClNO4. The summed E-state index contributed by atoms with van der Waals surface area (Å²) in [4.78, 5) is 11.8. The lowest BCUT2D eigenvalue weighted by atomic mass is 10.0. The molecule has 0 bridgehead atoms. The number of alkyl carbamates (subject to hydrolysis) is 1. The fourth-order valence-electron chi connectivity index (χ4n) is 2.03. The van der Waals surface area contributed by atoms with Crippen molar-refractivity contribution in [2.45, 2.75) is 18.8 Å². The Hall–Kier alpha value is -2.08. The van der Waals surface area contributed by atoms with E-state index in [1.807, 2.05) is 30.3 Å². The standard InChI is InChI=1S/C17H18ClNO4/c18-14-8-6-13(7-9-14)16(21)15(10-20)19-17(22)23-11-12-4-2-1-3-5-12/h1-9,15-16,20-21H,10-11H2,(H,19,22)/t15-,16-/m1/s1. The summed E-state index contributed by atoms with van der Waals surface area (Å²) >= 11 is 5.79. The average molecular weight is 336 g/mol. The van der Waals surface area contributed by atoms with Gasteiger partial charge in [0.2, 0.25) is 0 Å². The zero-order valence-electron chi connectivity index (χ0n) is 12.4. The van der Waals surface area contributed by atoms with Gasteiger partial charge in [-0.25, -0.2) is 4.79 Å². The van der Waals surface area contributed by atoms with Crippen molar-refractivity contribution >= 4 is 17.7 Å². The molecule has 0 aliphatic carbocycles. The van der Waals surface area contributed by atoms with Crippen LogP contribution in [0.1, 0.15) is 17.2 Å². The van der Waals surface area contributed by atoms with Crippen LogP contribution in [0.2, 0.25) is 5.02 Å². The molecule has 5 nitrogen and oxygen atoms in total. The van der Waals surface area contributed by atoms with Gasteiger partial charge in [-0.3, -0.25) is 0 Å². The number of aliphatic hydroxyl groups is 2. The van der Waals surface area contributed by atoms with Crippen molar-refractivity contribution in [2.75, 3.05) is 6.61 Å². The molecule has 6 heteroatoms.